The lowest BCUT2D eigenvalue weighted by Crippen LogP contribution is -2.19. The number of rotatable bonds is 5. The normalized spacial score (nSPS) is 12.3. The molecule has 1 atom stereocenters. The highest BCUT2D eigenvalue weighted by atomic mass is 14.9. The summed E-state index contributed by atoms with van der Waals surface area (Å²) >= 11 is 0. The van der Waals surface area contributed by atoms with Gasteiger partial charge in [0.2, 0.25) is 0 Å². The summed E-state index contributed by atoms with van der Waals surface area (Å²) in [4.78, 5) is 8.13. The molecule has 18 heavy (non-hydrogen) atoms. The van der Waals surface area contributed by atoms with E-state index in [1.54, 1.807) is 6.33 Å². The van der Waals surface area contributed by atoms with Crippen molar-refractivity contribution in [3.63, 3.8) is 0 Å². The number of benzene rings is 1. The molecular formula is C15H19N3. The summed E-state index contributed by atoms with van der Waals surface area (Å²) in [7, 11) is 0. The fourth-order valence-corrected chi connectivity index (χ4v) is 2.13. The zero-order valence-electron chi connectivity index (χ0n) is 10.9. The highest BCUT2D eigenvalue weighted by Crippen LogP contribution is 2.23. The molecule has 94 valence electrons. The summed E-state index contributed by atoms with van der Waals surface area (Å²) in [5, 5.41) is 3.50. The van der Waals surface area contributed by atoms with Gasteiger partial charge in [-0.1, -0.05) is 32.0 Å². The second kappa shape index (κ2) is 6.26. The van der Waals surface area contributed by atoms with E-state index < -0.39 is 0 Å². The minimum atomic E-state index is 0.416. The van der Waals surface area contributed by atoms with Gasteiger partial charge in [-0.25, -0.2) is 9.97 Å². The number of aromatic nitrogens is 2. The van der Waals surface area contributed by atoms with Crippen molar-refractivity contribution >= 4 is 0 Å². The number of hydrogen-bond donors (Lipinski definition) is 1. The Morgan fingerprint density at radius 2 is 1.89 bits per heavy atom. The first kappa shape index (κ1) is 12.7. The van der Waals surface area contributed by atoms with E-state index in [0.717, 1.165) is 18.5 Å². The Morgan fingerprint density at radius 3 is 2.56 bits per heavy atom. The fraction of sp³-hybridized carbons (Fsp3) is 0.333. The summed E-state index contributed by atoms with van der Waals surface area (Å²) in [5.74, 6) is 0. The third-order valence-corrected chi connectivity index (χ3v) is 3.04. The van der Waals surface area contributed by atoms with Crippen LogP contribution in [0.25, 0.3) is 11.1 Å². The number of nitrogens with zero attached hydrogens (tertiary/aromatic N) is 2. The average molecular weight is 241 g/mol. The largest absolute Gasteiger partial charge is 0.310 e. The molecule has 0 radical (unpaired) electrons. The van der Waals surface area contributed by atoms with Crippen molar-refractivity contribution in [2.45, 2.75) is 26.3 Å². The monoisotopic (exact) mass is 241 g/mol. The van der Waals surface area contributed by atoms with Crippen LogP contribution in [0.2, 0.25) is 0 Å². The van der Waals surface area contributed by atoms with Crippen molar-refractivity contribution in [2.75, 3.05) is 6.54 Å². The Kier molecular flexibility index (Phi) is 4.42. The van der Waals surface area contributed by atoms with Crippen LogP contribution < -0.4 is 5.32 Å². The average Bonchev–Trinajstić information content (AvgIpc) is 2.46. The smallest absolute Gasteiger partial charge is 0.115 e. The van der Waals surface area contributed by atoms with Crippen molar-refractivity contribution in [3.05, 3.63) is 48.5 Å². The molecule has 1 N–H and O–H groups in total. The van der Waals surface area contributed by atoms with Crippen LogP contribution in [0.3, 0.4) is 0 Å². The molecule has 1 aromatic carbocycles. The summed E-state index contributed by atoms with van der Waals surface area (Å²) in [6.07, 6.45) is 6.34. The van der Waals surface area contributed by atoms with Crippen molar-refractivity contribution in [1.82, 2.24) is 15.3 Å². The second-order valence-electron chi connectivity index (χ2n) is 4.27. The molecule has 1 unspecified atom stereocenters. The van der Waals surface area contributed by atoms with Crippen LogP contribution in [-0.2, 0) is 0 Å². The fourth-order valence-electron chi connectivity index (χ4n) is 2.13. The van der Waals surface area contributed by atoms with Gasteiger partial charge in [0.15, 0.2) is 0 Å². The van der Waals surface area contributed by atoms with Crippen LogP contribution in [0.4, 0.5) is 0 Å². The van der Waals surface area contributed by atoms with Gasteiger partial charge in [-0.15, -0.1) is 0 Å². The topological polar surface area (TPSA) is 37.8 Å². The van der Waals surface area contributed by atoms with E-state index in [4.69, 9.17) is 0 Å². The molecule has 0 amide bonds. The number of nitrogens with one attached hydrogen (secondary N) is 1. The van der Waals surface area contributed by atoms with Crippen LogP contribution in [0.15, 0.2) is 43.0 Å². The molecule has 2 aromatic rings. The van der Waals surface area contributed by atoms with Crippen LogP contribution >= 0.6 is 0 Å². The molecule has 0 aliphatic heterocycles. The zero-order valence-corrected chi connectivity index (χ0v) is 10.9. The van der Waals surface area contributed by atoms with Gasteiger partial charge in [0.25, 0.3) is 0 Å². The van der Waals surface area contributed by atoms with Gasteiger partial charge >= 0.3 is 0 Å². The molecule has 0 fully saturated rings. The highest BCUT2D eigenvalue weighted by Gasteiger charge is 2.08. The van der Waals surface area contributed by atoms with Crippen LogP contribution in [-0.4, -0.2) is 16.5 Å². The van der Waals surface area contributed by atoms with Crippen molar-refractivity contribution < 1.29 is 0 Å². The Morgan fingerprint density at radius 1 is 1.11 bits per heavy atom. The maximum atomic E-state index is 4.07. The first-order valence-electron chi connectivity index (χ1n) is 6.43. The molecule has 0 aliphatic carbocycles. The first-order valence-corrected chi connectivity index (χ1v) is 6.43. The van der Waals surface area contributed by atoms with Crippen molar-refractivity contribution in [3.8, 4) is 11.1 Å². The predicted octanol–water partition coefficient (Wildman–Crippen LogP) is 3.20. The molecule has 0 aliphatic rings. The Hall–Kier alpha value is -1.74. The Labute approximate surface area is 108 Å². The van der Waals surface area contributed by atoms with E-state index in [0.29, 0.717) is 6.04 Å². The van der Waals surface area contributed by atoms with Gasteiger partial charge in [-0.3, -0.25) is 0 Å². The zero-order chi connectivity index (χ0) is 12.8. The van der Waals surface area contributed by atoms with Crippen LogP contribution in [0, 0.1) is 0 Å². The van der Waals surface area contributed by atoms with E-state index in [1.807, 2.05) is 12.4 Å². The molecule has 0 saturated carbocycles. The molecule has 0 spiro atoms. The standard InChI is InChI=1S/C15H19N3/c1-3-15(18-4-2)13-7-5-6-12(8-13)14-9-16-11-17-10-14/h5-11,15,18H,3-4H2,1-2H3. The lowest BCUT2D eigenvalue weighted by atomic mass is 9.99. The van der Waals surface area contributed by atoms with Gasteiger partial charge in [-0.05, 0) is 30.2 Å². The minimum Gasteiger partial charge on any atom is -0.310 e. The lowest BCUT2D eigenvalue weighted by molar-refractivity contribution is 0.537. The lowest BCUT2D eigenvalue weighted by Gasteiger charge is -2.17. The maximum absolute atomic E-state index is 4.07. The van der Waals surface area contributed by atoms with E-state index in [-0.39, 0.29) is 0 Å². The predicted molar refractivity (Wildman–Crippen MR) is 74.2 cm³/mol. The Balaban J connectivity index is 2.30. The molecule has 3 nitrogen and oxygen atoms in total. The van der Waals surface area contributed by atoms with Gasteiger partial charge < -0.3 is 5.32 Å². The minimum absolute atomic E-state index is 0.416. The van der Waals surface area contributed by atoms with Gasteiger partial charge in [0, 0.05) is 24.0 Å². The van der Waals surface area contributed by atoms with E-state index in [2.05, 4.69) is 53.4 Å². The summed E-state index contributed by atoms with van der Waals surface area (Å²) in [6, 6.07) is 9.00. The van der Waals surface area contributed by atoms with Gasteiger partial charge in [-0.2, -0.15) is 0 Å². The third-order valence-electron chi connectivity index (χ3n) is 3.04. The van der Waals surface area contributed by atoms with Crippen LogP contribution in [0.1, 0.15) is 31.9 Å². The number of hydrogen-bond acceptors (Lipinski definition) is 3. The van der Waals surface area contributed by atoms with E-state index >= 15 is 0 Å². The van der Waals surface area contributed by atoms with Crippen molar-refractivity contribution in [2.24, 2.45) is 0 Å². The van der Waals surface area contributed by atoms with E-state index in [1.165, 1.54) is 11.1 Å². The van der Waals surface area contributed by atoms with Crippen molar-refractivity contribution in [1.29, 1.82) is 0 Å². The van der Waals surface area contributed by atoms with Gasteiger partial charge in [0.1, 0.15) is 6.33 Å². The summed E-state index contributed by atoms with van der Waals surface area (Å²) in [6.45, 7) is 5.32. The Bertz CT molecular complexity index is 482. The molecule has 1 aromatic heterocycles. The summed E-state index contributed by atoms with van der Waals surface area (Å²) < 4.78 is 0. The maximum Gasteiger partial charge on any atom is 0.115 e. The first-order chi connectivity index (χ1) is 8.85. The van der Waals surface area contributed by atoms with Crippen LogP contribution in [0.5, 0.6) is 0 Å². The quantitative estimate of drug-likeness (QED) is 0.873. The van der Waals surface area contributed by atoms with E-state index in [9.17, 15) is 0 Å². The SMILES string of the molecule is CCNC(CC)c1cccc(-c2cncnc2)c1. The molecule has 3 heteroatoms. The molecule has 0 bridgehead atoms. The third kappa shape index (κ3) is 2.93. The van der Waals surface area contributed by atoms with Gasteiger partial charge in [0.05, 0.1) is 0 Å². The molecular weight excluding hydrogens is 222 g/mol. The highest BCUT2D eigenvalue weighted by molar-refractivity contribution is 5.62. The molecule has 0 saturated heterocycles. The molecule has 2 rings (SSSR count). The second-order valence-corrected chi connectivity index (χ2v) is 4.27. The summed E-state index contributed by atoms with van der Waals surface area (Å²) in [5.41, 5.74) is 3.55. The molecule has 1 heterocycles.